The highest BCUT2D eigenvalue weighted by Gasteiger charge is 2.59. The van der Waals surface area contributed by atoms with Crippen molar-refractivity contribution < 1.29 is 19.8 Å². The lowest BCUT2D eigenvalue weighted by Gasteiger charge is -2.60. The molecule has 0 unspecified atom stereocenters. The molecule has 2 fully saturated rings. The number of carbonyl (C=O) groups excluding carboxylic acids is 1. The third-order valence-corrected chi connectivity index (χ3v) is 9.07. The van der Waals surface area contributed by atoms with Crippen LogP contribution < -0.4 is 0 Å². The molecule has 2 aliphatic carbocycles. The van der Waals surface area contributed by atoms with Gasteiger partial charge in [-0.2, -0.15) is 0 Å². The molecule has 192 valence electrons. The van der Waals surface area contributed by atoms with Gasteiger partial charge in [0.25, 0.3) is 0 Å². The lowest BCUT2D eigenvalue weighted by atomic mass is 9.45. The minimum atomic E-state index is -0.845. The standard InChI is InChI=1S/C30H48O4/c1-21(13-9-15-23(3)27(32)33)11-8-12-22(2)14-10-16-25-29(6)19-18-26(31)28(4,5)24(29)17-20-30(25,7)34/h11,14-15,24-25,34H,8-10,12-13,16-20H2,1-7H3,(H,32,33)/b21-11+,22-14+,23-15+/t24-,25+,29-,30-/m1/s1. The lowest BCUT2D eigenvalue weighted by molar-refractivity contribution is -0.177. The summed E-state index contributed by atoms with van der Waals surface area (Å²) >= 11 is 0. The molecule has 2 rings (SSSR count). The van der Waals surface area contributed by atoms with E-state index >= 15 is 0 Å². The third-order valence-electron chi connectivity index (χ3n) is 9.07. The summed E-state index contributed by atoms with van der Waals surface area (Å²) in [7, 11) is 0. The molecule has 4 nitrogen and oxygen atoms in total. The Morgan fingerprint density at radius 3 is 2.09 bits per heavy atom. The molecule has 0 amide bonds. The fourth-order valence-corrected chi connectivity index (χ4v) is 6.82. The number of carboxylic acid groups (broad SMARTS) is 1. The maximum atomic E-state index is 12.6. The quantitative estimate of drug-likeness (QED) is 0.256. The molecule has 0 aromatic heterocycles. The Balaban J connectivity index is 1.92. The summed E-state index contributed by atoms with van der Waals surface area (Å²) < 4.78 is 0. The van der Waals surface area contributed by atoms with Gasteiger partial charge in [-0.3, -0.25) is 4.79 Å². The van der Waals surface area contributed by atoms with Crippen LogP contribution in [0.15, 0.2) is 34.9 Å². The first-order valence-electron chi connectivity index (χ1n) is 13.2. The van der Waals surface area contributed by atoms with E-state index in [0.29, 0.717) is 23.7 Å². The predicted molar refractivity (Wildman–Crippen MR) is 140 cm³/mol. The zero-order chi connectivity index (χ0) is 25.7. The van der Waals surface area contributed by atoms with E-state index in [1.54, 1.807) is 13.0 Å². The summed E-state index contributed by atoms with van der Waals surface area (Å²) in [5.74, 6) is 0.100. The Bertz CT molecular complexity index is 842. The molecular weight excluding hydrogens is 424 g/mol. The smallest absolute Gasteiger partial charge is 0.330 e. The predicted octanol–water partition coefficient (Wildman–Crippen LogP) is 7.42. The molecule has 0 aromatic rings. The number of hydrogen-bond acceptors (Lipinski definition) is 3. The van der Waals surface area contributed by atoms with E-state index in [-0.39, 0.29) is 16.7 Å². The zero-order valence-corrected chi connectivity index (χ0v) is 22.7. The van der Waals surface area contributed by atoms with Gasteiger partial charge >= 0.3 is 5.97 Å². The number of rotatable bonds is 10. The number of aliphatic hydroxyl groups is 1. The zero-order valence-electron chi connectivity index (χ0n) is 22.7. The van der Waals surface area contributed by atoms with Crippen LogP contribution in [0.1, 0.15) is 113 Å². The number of carboxylic acids is 1. The Labute approximate surface area is 207 Å². The molecule has 34 heavy (non-hydrogen) atoms. The van der Waals surface area contributed by atoms with Crippen LogP contribution in [-0.4, -0.2) is 27.6 Å². The van der Waals surface area contributed by atoms with Gasteiger partial charge in [0.1, 0.15) is 5.78 Å². The molecule has 2 saturated carbocycles. The number of allylic oxidation sites excluding steroid dienone is 5. The SMILES string of the molecule is C/C(=C\CC/C(C)=C/CC[C@H]1[C@]2(C)CCC(=O)C(C)(C)[C@H]2CC[C@@]1(C)O)CC/C=C(\C)C(=O)O. The van der Waals surface area contributed by atoms with Crippen LogP contribution in [-0.2, 0) is 9.59 Å². The van der Waals surface area contributed by atoms with Crippen LogP contribution >= 0.6 is 0 Å². The highest BCUT2D eigenvalue weighted by atomic mass is 16.4. The van der Waals surface area contributed by atoms with Crippen molar-refractivity contribution in [3.8, 4) is 0 Å². The van der Waals surface area contributed by atoms with E-state index in [1.165, 1.54) is 11.1 Å². The van der Waals surface area contributed by atoms with Crippen molar-refractivity contribution in [3.05, 3.63) is 34.9 Å². The molecule has 0 aromatic carbocycles. The number of carbonyl (C=O) groups is 2. The van der Waals surface area contributed by atoms with Crippen molar-refractivity contribution in [3.63, 3.8) is 0 Å². The summed E-state index contributed by atoms with van der Waals surface area (Å²) in [5.41, 5.74) is 2.13. The van der Waals surface area contributed by atoms with Gasteiger partial charge in [0, 0.05) is 17.4 Å². The van der Waals surface area contributed by atoms with E-state index in [1.807, 2.05) is 6.92 Å². The maximum Gasteiger partial charge on any atom is 0.330 e. The average molecular weight is 473 g/mol. The summed E-state index contributed by atoms with van der Waals surface area (Å²) in [5, 5.41) is 20.2. The van der Waals surface area contributed by atoms with Crippen molar-refractivity contribution in [2.45, 2.75) is 118 Å². The van der Waals surface area contributed by atoms with Gasteiger partial charge < -0.3 is 10.2 Å². The molecule has 0 bridgehead atoms. The van der Waals surface area contributed by atoms with E-state index in [0.717, 1.165) is 57.8 Å². The molecule has 0 saturated heterocycles. The molecule has 0 spiro atoms. The second-order valence-corrected chi connectivity index (χ2v) is 12.1. The summed E-state index contributed by atoms with van der Waals surface area (Å²) in [6.45, 7) is 14.5. The Morgan fingerprint density at radius 1 is 0.941 bits per heavy atom. The molecule has 4 atom stereocenters. The van der Waals surface area contributed by atoms with Gasteiger partial charge in [0.15, 0.2) is 0 Å². The number of Topliss-reactive ketones (excluding diaryl/α,β-unsaturated/α-hetero) is 1. The first-order chi connectivity index (χ1) is 15.7. The summed E-state index contributed by atoms with van der Waals surface area (Å²) in [4.78, 5) is 23.5. The van der Waals surface area contributed by atoms with Crippen LogP contribution in [0.2, 0.25) is 0 Å². The molecule has 2 N–H and O–H groups in total. The van der Waals surface area contributed by atoms with Crippen molar-refractivity contribution in [1.29, 1.82) is 0 Å². The van der Waals surface area contributed by atoms with Gasteiger partial charge in [0.05, 0.1) is 5.60 Å². The van der Waals surface area contributed by atoms with E-state index in [4.69, 9.17) is 5.11 Å². The average Bonchev–Trinajstić information content (AvgIpc) is 2.72. The number of hydrogen-bond donors (Lipinski definition) is 2. The van der Waals surface area contributed by atoms with Crippen molar-refractivity contribution >= 4 is 11.8 Å². The minimum absolute atomic E-state index is 0.00813. The summed E-state index contributed by atoms with van der Waals surface area (Å²) in [6, 6.07) is 0. The molecule has 2 aliphatic rings. The molecule has 0 radical (unpaired) electrons. The molecule has 0 heterocycles. The van der Waals surface area contributed by atoms with Gasteiger partial charge in [-0.1, -0.05) is 50.1 Å². The van der Waals surface area contributed by atoms with Gasteiger partial charge in [0.2, 0.25) is 0 Å². The largest absolute Gasteiger partial charge is 0.478 e. The van der Waals surface area contributed by atoms with Gasteiger partial charge in [-0.25, -0.2) is 4.79 Å². The lowest BCUT2D eigenvalue weighted by Crippen LogP contribution is -2.59. The second kappa shape index (κ2) is 11.4. The molecule has 4 heteroatoms. The fourth-order valence-electron chi connectivity index (χ4n) is 6.82. The third kappa shape index (κ3) is 6.71. The van der Waals surface area contributed by atoms with E-state index in [9.17, 15) is 14.7 Å². The van der Waals surface area contributed by atoms with Gasteiger partial charge in [-0.05, 0) is 103 Å². The van der Waals surface area contributed by atoms with Crippen molar-refractivity contribution in [1.82, 2.24) is 0 Å². The first-order valence-corrected chi connectivity index (χ1v) is 13.2. The topological polar surface area (TPSA) is 74.6 Å². The monoisotopic (exact) mass is 472 g/mol. The van der Waals surface area contributed by atoms with Crippen LogP contribution in [0, 0.1) is 22.7 Å². The maximum absolute atomic E-state index is 12.6. The fraction of sp³-hybridized carbons (Fsp3) is 0.733. The minimum Gasteiger partial charge on any atom is -0.478 e. The normalized spacial score (nSPS) is 32.5. The van der Waals surface area contributed by atoms with E-state index < -0.39 is 11.6 Å². The second-order valence-electron chi connectivity index (χ2n) is 12.1. The van der Waals surface area contributed by atoms with E-state index in [2.05, 4.69) is 46.8 Å². The van der Waals surface area contributed by atoms with Crippen LogP contribution in [0.4, 0.5) is 0 Å². The highest BCUT2D eigenvalue weighted by Crippen LogP contribution is 2.62. The first kappa shape index (κ1) is 28.6. The highest BCUT2D eigenvalue weighted by molar-refractivity contribution is 5.86. The Hall–Kier alpha value is -1.68. The summed E-state index contributed by atoms with van der Waals surface area (Å²) in [6.07, 6.45) is 15.2. The Morgan fingerprint density at radius 2 is 1.50 bits per heavy atom. The van der Waals surface area contributed by atoms with Crippen molar-refractivity contribution in [2.24, 2.45) is 22.7 Å². The van der Waals surface area contributed by atoms with Crippen LogP contribution in [0.25, 0.3) is 0 Å². The van der Waals surface area contributed by atoms with Crippen molar-refractivity contribution in [2.75, 3.05) is 0 Å². The molecular formula is C30H48O4. The molecule has 0 aliphatic heterocycles. The number of aliphatic carboxylic acids is 1. The number of ketones is 1. The van der Waals surface area contributed by atoms with Crippen LogP contribution in [0.3, 0.4) is 0 Å². The van der Waals surface area contributed by atoms with Crippen LogP contribution in [0.5, 0.6) is 0 Å². The van der Waals surface area contributed by atoms with Gasteiger partial charge in [-0.15, -0.1) is 0 Å². The number of fused-ring (bicyclic) bond motifs is 1. The Kier molecular flexibility index (Phi) is 9.55.